The van der Waals surface area contributed by atoms with Crippen molar-refractivity contribution in [2.45, 2.75) is 38.6 Å². The molecule has 0 fully saturated rings. The van der Waals surface area contributed by atoms with Crippen LogP contribution in [0.4, 0.5) is 0 Å². The smallest absolute Gasteiger partial charge is 0.150 e. The molecule has 0 spiro atoms. The molecule has 21 heavy (non-hydrogen) atoms. The number of aryl methyl sites for hydroxylation is 1. The zero-order chi connectivity index (χ0) is 15.7. The molecule has 0 amide bonds. The quantitative estimate of drug-likeness (QED) is 0.507. The molecule has 1 atom stereocenters. The standard InChI is InChI=1S/C15H26N2O3S/c1-3-21(18,19)12-4-5-14(17-16)9-6-13-7-10-15(20-2)11-8-13/h7-8,10-11,14,17H,3-6,9,12,16H2,1-2H3. The van der Waals surface area contributed by atoms with Crippen molar-refractivity contribution < 1.29 is 13.2 Å². The van der Waals surface area contributed by atoms with Crippen LogP contribution in [0.15, 0.2) is 24.3 Å². The number of nitrogens with one attached hydrogen (secondary N) is 1. The fourth-order valence-electron chi connectivity index (χ4n) is 2.14. The Bertz CT molecular complexity index is 500. The molecule has 3 N–H and O–H groups in total. The van der Waals surface area contributed by atoms with E-state index in [9.17, 15) is 8.42 Å². The molecule has 0 bridgehead atoms. The summed E-state index contributed by atoms with van der Waals surface area (Å²) in [6.07, 6.45) is 3.20. The van der Waals surface area contributed by atoms with Gasteiger partial charge in [0.15, 0.2) is 0 Å². The first-order valence-electron chi connectivity index (χ1n) is 7.30. The van der Waals surface area contributed by atoms with Crippen LogP contribution in [0, 0.1) is 0 Å². The topological polar surface area (TPSA) is 81.4 Å². The van der Waals surface area contributed by atoms with Crippen LogP contribution in [0.1, 0.15) is 31.7 Å². The maximum atomic E-state index is 11.4. The molecule has 1 aromatic carbocycles. The van der Waals surface area contributed by atoms with Crippen molar-refractivity contribution in [1.82, 2.24) is 5.43 Å². The number of benzene rings is 1. The molecule has 1 aromatic rings. The van der Waals surface area contributed by atoms with Crippen LogP contribution < -0.4 is 16.0 Å². The number of hydrazine groups is 1. The third kappa shape index (κ3) is 6.93. The van der Waals surface area contributed by atoms with E-state index in [1.54, 1.807) is 14.0 Å². The molecule has 0 aliphatic heterocycles. The second kappa shape index (κ2) is 9.02. The third-order valence-electron chi connectivity index (χ3n) is 3.62. The van der Waals surface area contributed by atoms with Gasteiger partial charge in [-0.1, -0.05) is 19.1 Å². The van der Waals surface area contributed by atoms with Crippen molar-refractivity contribution in [2.24, 2.45) is 5.84 Å². The van der Waals surface area contributed by atoms with Gasteiger partial charge in [0.2, 0.25) is 0 Å². The largest absolute Gasteiger partial charge is 0.497 e. The lowest BCUT2D eigenvalue weighted by atomic mass is 10.0. The number of hydrogen-bond donors (Lipinski definition) is 2. The minimum absolute atomic E-state index is 0.138. The Hall–Kier alpha value is -1.11. The molecular formula is C15H26N2O3S. The van der Waals surface area contributed by atoms with E-state index in [4.69, 9.17) is 10.6 Å². The van der Waals surface area contributed by atoms with Gasteiger partial charge in [-0.25, -0.2) is 8.42 Å². The van der Waals surface area contributed by atoms with Gasteiger partial charge in [0, 0.05) is 11.8 Å². The summed E-state index contributed by atoms with van der Waals surface area (Å²) in [6.45, 7) is 1.68. The van der Waals surface area contributed by atoms with Crippen molar-refractivity contribution >= 4 is 9.84 Å². The lowest BCUT2D eigenvalue weighted by Crippen LogP contribution is -2.35. The summed E-state index contributed by atoms with van der Waals surface area (Å²) < 4.78 is 28.0. The molecule has 1 rings (SSSR count). The third-order valence-corrected chi connectivity index (χ3v) is 5.41. The first-order chi connectivity index (χ1) is 10.0. The molecule has 0 saturated carbocycles. The highest BCUT2D eigenvalue weighted by Gasteiger charge is 2.11. The molecule has 0 aliphatic rings. The summed E-state index contributed by atoms with van der Waals surface area (Å²) in [5, 5.41) is 0. The maximum Gasteiger partial charge on any atom is 0.150 e. The van der Waals surface area contributed by atoms with Gasteiger partial charge in [0.05, 0.1) is 12.9 Å². The van der Waals surface area contributed by atoms with E-state index in [2.05, 4.69) is 5.43 Å². The van der Waals surface area contributed by atoms with E-state index in [0.29, 0.717) is 6.42 Å². The Morgan fingerprint density at radius 3 is 2.43 bits per heavy atom. The van der Waals surface area contributed by atoms with Gasteiger partial charge in [-0.05, 0) is 43.4 Å². The SMILES string of the molecule is CCS(=O)(=O)CCCC(CCc1ccc(OC)cc1)NN. The van der Waals surface area contributed by atoms with Gasteiger partial charge in [0.1, 0.15) is 15.6 Å². The Morgan fingerprint density at radius 1 is 1.24 bits per heavy atom. The van der Waals surface area contributed by atoms with Crippen molar-refractivity contribution in [1.29, 1.82) is 0 Å². The number of methoxy groups -OCH3 is 1. The number of ether oxygens (including phenoxy) is 1. The second-order valence-corrected chi connectivity index (χ2v) is 7.60. The molecule has 0 radical (unpaired) electrons. The van der Waals surface area contributed by atoms with Crippen molar-refractivity contribution in [3.8, 4) is 5.75 Å². The molecule has 0 aromatic heterocycles. The number of sulfone groups is 1. The van der Waals surface area contributed by atoms with Crippen molar-refractivity contribution in [2.75, 3.05) is 18.6 Å². The number of rotatable bonds is 10. The zero-order valence-corrected chi connectivity index (χ0v) is 13.7. The predicted octanol–water partition coefficient (Wildman–Crippen LogP) is 1.67. The number of hydrogen-bond acceptors (Lipinski definition) is 5. The zero-order valence-electron chi connectivity index (χ0n) is 12.8. The van der Waals surface area contributed by atoms with Gasteiger partial charge < -0.3 is 4.74 Å². The normalized spacial score (nSPS) is 13.1. The monoisotopic (exact) mass is 314 g/mol. The number of nitrogens with two attached hydrogens (primary N) is 1. The van der Waals surface area contributed by atoms with E-state index in [1.165, 1.54) is 5.56 Å². The van der Waals surface area contributed by atoms with Crippen LogP contribution in [-0.4, -0.2) is 33.1 Å². The maximum absolute atomic E-state index is 11.4. The van der Waals surface area contributed by atoms with E-state index in [0.717, 1.165) is 25.0 Å². The summed E-state index contributed by atoms with van der Waals surface area (Å²) in [6, 6.07) is 8.09. The minimum Gasteiger partial charge on any atom is -0.497 e. The van der Waals surface area contributed by atoms with Crippen LogP contribution in [0.3, 0.4) is 0 Å². The molecule has 0 saturated heterocycles. The lowest BCUT2D eigenvalue weighted by molar-refractivity contribution is 0.414. The fraction of sp³-hybridized carbons (Fsp3) is 0.600. The molecule has 120 valence electrons. The van der Waals surface area contributed by atoms with Gasteiger partial charge >= 0.3 is 0 Å². The molecule has 5 nitrogen and oxygen atoms in total. The summed E-state index contributed by atoms with van der Waals surface area (Å²) in [4.78, 5) is 0. The van der Waals surface area contributed by atoms with Crippen molar-refractivity contribution in [3.63, 3.8) is 0 Å². The van der Waals surface area contributed by atoms with E-state index in [1.807, 2.05) is 24.3 Å². The Kier molecular flexibility index (Phi) is 7.71. The second-order valence-electron chi connectivity index (χ2n) is 5.13. The predicted molar refractivity (Wildman–Crippen MR) is 86.0 cm³/mol. The molecular weight excluding hydrogens is 288 g/mol. The fourth-order valence-corrected chi connectivity index (χ4v) is 3.03. The molecule has 6 heteroatoms. The van der Waals surface area contributed by atoms with Crippen LogP contribution >= 0.6 is 0 Å². The minimum atomic E-state index is -2.88. The van der Waals surface area contributed by atoms with Gasteiger partial charge in [-0.15, -0.1) is 0 Å². The first kappa shape index (κ1) is 17.9. The van der Waals surface area contributed by atoms with E-state index >= 15 is 0 Å². The summed E-state index contributed by atoms with van der Waals surface area (Å²) in [7, 11) is -1.23. The van der Waals surface area contributed by atoms with Gasteiger partial charge in [0.25, 0.3) is 0 Å². The summed E-state index contributed by atoms with van der Waals surface area (Å²) in [5.41, 5.74) is 4.00. The highest BCUT2D eigenvalue weighted by atomic mass is 32.2. The molecule has 0 aliphatic carbocycles. The highest BCUT2D eigenvalue weighted by Crippen LogP contribution is 2.14. The van der Waals surface area contributed by atoms with Gasteiger partial charge in [-0.2, -0.15) is 0 Å². The molecule has 1 unspecified atom stereocenters. The summed E-state index contributed by atoms with van der Waals surface area (Å²) >= 11 is 0. The van der Waals surface area contributed by atoms with Crippen LogP contribution in [0.2, 0.25) is 0 Å². The van der Waals surface area contributed by atoms with Crippen LogP contribution in [0.5, 0.6) is 5.75 Å². The van der Waals surface area contributed by atoms with Gasteiger partial charge in [-0.3, -0.25) is 11.3 Å². The van der Waals surface area contributed by atoms with Crippen LogP contribution in [0.25, 0.3) is 0 Å². The van der Waals surface area contributed by atoms with E-state index < -0.39 is 9.84 Å². The van der Waals surface area contributed by atoms with E-state index in [-0.39, 0.29) is 17.5 Å². The Balaban J connectivity index is 2.36. The van der Waals surface area contributed by atoms with Crippen LogP contribution in [-0.2, 0) is 16.3 Å². The Labute approximate surface area is 127 Å². The van der Waals surface area contributed by atoms with Crippen molar-refractivity contribution in [3.05, 3.63) is 29.8 Å². The average Bonchev–Trinajstić information content (AvgIpc) is 2.51. The average molecular weight is 314 g/mol. The highest BCUT2D eigenvalue weighted by molar-refractivity contribution is 7.91. The lowest BCUT2D eigenvalue weighted by Gasteiger charge is -2.15. The summed E-state index contributed by atoms with van der Waals surface area (Å²) in [5.74, 6) is 6.84. The Morgan fingerprint density at radius 2 is 1.90 bits per heavy atom. The first-order valence-corrected chi connectivity index (χ1v) is 9.12. The molecule has 0 heterocycles.